The number of hydrogen-bond donors (Lipinski definition) is 0. The fourth-order valence-corrected chi connectivity index (χ4v) is 2.18. The number of halogens is 2. The number of rotatable bonds is 2. The first-order chi connectivity index (χ1) is 7.13. The molecular formula is C11H9F2NS. The Morgan fingerprint density at radius 3 is 2.40 bits per heavy atom. The van der Waals surface area contributed by atoms with Crippen LogP contribution in [0.4, 0.5) is 8.78 Å². The van der Waals surface area contributed by atoms with Crippen LogP contribution in [0.25, 0.3) is 0 Å². The molecular weight excluding hydrogens is 216 g/mol. The van der Waals surface area contributed by atoms with Crippen molar-refractivity contribution in [3.05, 3.63) is 51.5 Å². The molecule has 0 saturated carbocycles. The molecule has 0 unspecified atom stereocenters. The zero-order chi connectivity index (χ0) is 10.8. The maximum Gasteiger partial charge on any atom is 0.126 e. The molecule has 2 rings (SSSR count). The Kier molecular flexibility index (Phi) is 2.77. The van der Waals surface area contributed by atoms with Gasteiger partial charge in [0.15, 0.2) is 0 Å². The van der Waals surface area contributed by atoms with Crippen molar-refractivity contribution in [2.45, 2.75) is 13.3 Å². The van der Waals surface area contributed by atoms with Gasteiger partial charge in [-0.3, -0.25) is 0 Å². The van der Waals surface area contributed by atoms with Crippen molar-refractivity contribution in [3.8, 4) is 0 Å². The summed E-state index contributed by atoms with van der Waals surface area (Å²) in [7, 11) is 0. The third-order valence-corrected chi connectivity index (χ3v) is 2.91. The molecule has 0 saturated heterocycles. The first-order valence-corrected chi connectivity index (χ1v) is 5.37. The van der Waals surface area contributed by atoms with E-state index >= 15 is 0 Å². The van der Waals surface area contributed by atoms with E-state index in [1.165, 1.54) is 23.5 Å². The molecule has 2 aromatic rings. The summed E-state index contributed by atoms with van der Waals surface area (Å²) >= 11 is 1.50. The Labute approximate surface area is 90.4 Å². The summed E-state index contributed by atoms with van der Waals surface area (Å²) in [5.41, 5.74) is 1.55. The number of benzene rings is 1. The molecule has 0 aliphatic rings. The normalized spacial score (nSPS) is 10.6. The van der Waals surface area contributed by atoms with Crippen LogP contribution in [0.15, 0.2) is 23.6 Å². The van der Waals surface area contributed by atoms with Crippen LogP contribution in [0.3, 0.4) is 0 Å². The van der Waals surface area contributed by atoms with Gasteiger partial charge in [-0.15, -0.1) is 11.3 Å². The molecule has 1 nitrogen and oxygen atoms in total. The van der Waals surface area contributed by atoms with E-state index < -0.39 is 11.6 Å². The van der Waals surface area contributed by atoms with Crippen LogP contribution in [-0.4, -0.2) is 4.98 Å². The van der Waals surface area contributed by atoms with Gasteiger partial charge in [0, 0.05) is 23.6 Å². The summed E-state index contributed by atoms with van der Waals surface area (Å²) in [6.07, 6.45) is 0.479. The summed E-state index contributed by atoms with van der Waals surface area (Å²) < 4.78 is 25.8. The van der Waals surface area contributed by atoms with Crippen LogP contribution in [-0.2, 0) is 6.42 Å². The Morgan fingerprint density at radius 2 is 1.87 bits per heavy atom. The molecule has 0 aliphatic heterocycles. The lowest BCUT2D eigenvalue weighted by Crippen LogP contribution is -1.90. The number of hydrogen-bond acceptors (Lipinski definition) is 2. The maximum absolute atomic E-state index is 12.9. The van der Waals surface area contributed by atoms with E-state index in [0.29, 0.717) is 12.0 Å². The van der Waals surface area contributed by atoms with Crippen LogP contribution in [0.1, 0.15) is 16.3 Å². The second-order valence-electron chi connectivity index (χ2n) is 3.34. The minimum atomic E-state index is -0.543. The predicted octanol–water partition coefficient (Wildman–Crippen LogP) is 3.32. The van der Waals surface area contributed by atoms with Gasteiger partial charge >= 0.3 is 0 Å². The van der Waals surface area contributed by atoms with Crippen LogP contribution in [0, 0.1) is 18.6 Å². The highest BCUT2D eigenvalue weighted by Gasteiger charge is 2.04. The average molecular weight is 225 g/mol. The van der Waals surface area contributed by atoms with Gasteiger partial charge in [-0.25, -0.2) is 13.8 Å². The van der Waals surface area contributed by atoms with Gasteiger partial charge in [-0.2, -0.15) is 0 Å². The van der Waals surface area contributed by atoms with Crippen molar-refractivity contribution in [1.82, 2.24) is 4.98 Å². The van der Waals surface area contributed by atoms with Gasteiger partial charge in [-0.1, -0.05) is 0 Å². The summed E-state index contributed by atoms with van der Waals surface area (Å²) in [6, 6.07) is 3.54. The zero-order valence-electron chi connectivity index (χ0n) is 8.13. The molecule has 0 radical (unpaired) electrons. The molecule has 4 heteroatoms. The Hall–Kier alpha value is -1.29. The second kappa shape index (κ2) is 4.06. The van der Waals surface area contributed by atoms with Crippen molar-refractivity contribution >= 4 is 11.3 Å². The monoisotopic (exact) mass is 225 g/mol. The van der Waals surface area contributed by atoms with Crippen molar-refractivity contribution in [3.63, 3.8) is 0 Å². The van der Waals surface area contributed by atoms with Crippen LogP contribution >= 0.6 is 11.3 Å². The third kappa shape index (κ3) is 2.59. The number of nitrogens with zero attached hydrogens (tertiary/aromatic N) is 1. The lowest BCUT2D eigenvalue weighted by molar-refractivity contribution is 0.580. The smallest absolute Gasteiger partial charge is 0.126 e. The molecule has 1 aromatic carbocycles. The third-order valence-electron chi connectivity index (χ3n) is 1.94. The van der Waals surface area contributed by atoms with Gasteiger partial charge in [0.2, 0.25) is 0 Å². The summed E-state index contributed by atoms with van der Waals surface area (Å²) in [4.78, 5) is 4.24. The molecule has 0 spiro atoms. The number of aryl methyl sites for hydroxylation is 1. The SMILES string of the molecule is Cc1csc(Cc2cc(F)cc(F)c2)n1. The largest absolute Gasteiger partial charge is 0.246 e. The topological polar surface area (TPSA) is 12.9 Å². The minimum Gasteiger partial charge on any atom is -0.246 e. The van der Waals surface area contributed by atoms with Crippen molar-refractivity contribution in [2.75, 3.05) is 0 Å². The quantitative estimate of drug-likeness (QED) is 0.764. The number of thiazole rings is 1. The molecule has 0 amide bonds. The fraction of sp³-hybridized carbons (Fsp3) is 0.182. The van der Waals surface area contributed by atoms with Gasteiger partial charge in [0.05, 0.1) is 5.01 Å². The average Bonchev–Trinajstić information content (AvgIpc) is 2.49. The standard InChI is InChI=1S/C11H9F2NS/c1-7-6-15-11(14-7)4-8-2-9(12)5-10(13)3-8/h2-3,5-6H,4H2,1H3. The first kappa shape index (κ1) is 10.2. The van der Waals surface area contributed by atoms with E-state index in [1.807, 2.05) is 12.3 Å². The molecule has 0 N–H and O–H groups in total. The van der Waals surface area contributed by atoms with Crippen LogP contribution in [0.5, 0.6) is 0 Å². The van der Waals surface area contributed by atoms with E-state index in [2.05, 4.69) is 4.98 Å². The predicted molar refractivity (Wildman–Crippen MR) is 56.0 cm³/mol. The fourth-order valence-electron chi connectivity index (χ4n) is 1.37. The van der Waals surface area contributed by atoms with Gasteiger partial charge in [0.1, 0.15) is 11.6 Å². The molecule has 1 aromatic heterocycles. The van der Waals surface area contributed by atoms with Crippen molar-refractivity contribution < 1.29 is 8.78 Å². The second-order valence-corrected chi connectivity index (χ2v) is 4.28. The lowest BCUT2D eigenvalue weighted by atomic mass is 10.1. The van der Waals surface area contributed by atoms with Crippen molar-refractivity contribution in [2.24, 2.45) is 0 Å². The zero-order valence-corrected chi connectivity index (χ0v) is 8.94. The molecule has 0 atom stereocenters. The number of aromatic nitrogens is 1. The van der Waals surface area contributed by atoms with Crippen LogP contribution in [0.2, 0.25) is 0 Å². The highest BCUT2D eigenvalue weighted by molar-refractivity contribution is 7.09. The Balaban J connectivity index is 2.24. The molecule has 1 heterocycles. The molecule has 78 valence electrons. The summed E-state index contributed by atoms with van der Waals surface area (Å²) in [6.45, 7) is 1.90. The van der Waals surface area contributed by atoms with E-state index in [4.69, 9.17) is 0 Å². The van der Waals surface area contributed by atoms with Gasteiger partial charge < -0.3 is 0 Å². The summed E-state index contributed by atoms with van der Waals surface area (Å²) in [5, 5.41) is 2.79. The van der Waals surface area contributed by atoms with Gasteiger partial charge in [-0.05, 0) is 24.6 Å². The highest BCUT2D eigenvalue weighted by Crippen LogP contribution is 2.16. The maximum atomic E-state index is 12.9. The summed E-state index contributed by atoms with van der Waals surface area (Å²) in [5.74, 6) is -1.09. The van der Waals surface area contributed by atoms with Crippen molar-refractivity contribution in [1.29, 1.82) is 0 Å². The lowest BCUT2D eigenvalue weighted by Gasteiger charge is -1.98. The van der Waals surface area contributed by atoms with E-state index in [1.54, 1.807) is 0 Å². The minimum absolute atomic E-state index is 0.479. The molecule has 0 aliphatic carbocycles. The molecule has 0 bridgehead atoms. The Bertz CT molecular complexity index is 459. The highest BCUT2D eigenvalue weighted by atomic mass is 32.1. The van der Waals surface area contributed by atoms with E-state index in [-0.39, 0.29) is 0 Å². The molecule has 15 heavy (non-hydrogen) atoms. The Morgan fingerprint density at radius 1 is 1.20 bits per heavy atom. The molecule has 0 fully saturated rings. The van der Waals surface area contributed by atoms with E-state index in [0.717, 1.165) is 16.8 Å². The van der Waals surface area contributed by atoms with E-state index in [9.17, 15) is 8.78 Å². The van der Waals surface area contributed by atoms with Crippen LogP contribution < -0.4 is 0 Å². The first-order valence-electron chi connectivity index (χ1n) is 4.49. The van der Waals surface area contributed by atoms with Gasteiger partial charge in [0.25, 0.3) is 0 Å².